The Labute approximate surface area is 102 Å². The van der Waals surface area contributed by atoms with E-state index in [1.807, 2.05) is 0 Å². The van der Waals surface area contributed by atoms with E-state index in [1.165, 1.54) is 0 Å². The summed E-state index contributed by atoms with van der Waals surface area (Å²) in [7, 11) is -4.04. The fourth-order valence-corrected chi connectivity index (χ4v) is 2.63. The van der Waals surface area contributed by atoms with Crippen LogP contribution in [0.3, 0.4) is 0 Å². The highest BCUT2D eigenvalue weighted by Crippen LogP contribution is 2.27. The minimum atomic E-state index is -4.04. The van der Waals surface area contributed by atoms with Crippen LogP contribution in [0.1, 0.15) is 41.0 Å². The van der Waals surface area contributed by atoms with Crippen LogP contribution >= 0.6 is 0 Å². The smallest absolute Gasteiger partial charge is 0.425 e. The Hall–Kier alpha value is -0.820. The van der Waals surface area contributed by atoms with Gasteiger partial charge in [-0.05, 0) is 41.0 Å². The van der Waals surface area contributed by atoms with Crippen molar-refractivity contribution in [2.75, 3.05) is 6.54 Å². The van der Waals surface area contributed by atoms with Crippen LogP contribution in [0.4, 0.5) is 4.79 Å². The highest BCUT2D eigenvalue weighted by atomic mass is 32.2. The number of amides is 1. The molecule has 0 spiro atoms. The summed E-state index contributed by atoms with van der Waals surface area (Å²) in [6.07, 6.45) is -0.459. The first-order valence-electron chi connectivity index (χ1n) is 5.39. The molecule has 1 aliphatic rings. The Balaban J connectivity index is 2.84. The summed E-state index contributed by atoms with van der Waals surface area (Å²) in [5.74, 6) is 0. The van der Waals surface area contributed by atoms with Crippen molar-refractivity contribution in [2.45, 2.75) is 52.2 Å². The van der Waals surface area contributed by atoms with Gasteiger partial charge in [-0.15, -0.1) is 0 Å². The Kier molecular flexibility index (Phi) is 3.46. The van der Waals surface area contributed by atoms with E-state index in [0.29, 0.717) is 10.7 Å². The van der Waals surface area contributed by atoms with Crippen molar-refractivity contribution in [3.05, 3.63) is 0 Å². The molecule has 0 unspecified atom stereocenters. The third kappa shape index (κ3) is 3.85. The van der Waals surface area contributed by atoms with Gasteiger partial charge in [-0.2, -0.15) is 12.7 Å². The Bertz CT molecular complexity index is 407. The maximum Gasteiger partial charge on any atom is 0.425 e. The van der Waals surface area contributed by atoms with Crippen LogP contribution in [0.25, 0.3) is 0 Å². The van der Waals surface area contributed by atoms with Gasteiger partial charge in [-0.25, -0.2) is 8.98 Å². The van der Waals surface area contributed by atoms with E-state index in [2.05, 4.69) is 0 Å². The zero-order valence-corrected chi connectivity index (χ0v) is 11.6. The quantitative estimate of drug-likeness (QED) is 0.666. The second-order valence-electron chi connectivity index (χ2n) is 5.60. The van der Waals surface area contributed by atoms with Gasteiger partial charge in [0.15, 0.2) is 0 Å². The van der Waals surface area contributed by atoms with Gasteiger partial charge in [0.2, 0.25) is 0 Å². The predicted octanol–water partition coefficient (Wildman–Crippen LogP) is 1.67. The highest BCUT2D eigenvalue weighted by molar-refractivity contribution is 7.85. The molecule has 0 aliphatic carbocycles. The van der Waals surface area contributed by atoms with Gasteiger partial charge in [0.05, 0.1) is 5.60 Å². The third-order valence-corrected chi connectivity index (χ3v) is 3.65. The lowest BCUT2D eigenvalue weighted by molar-refractivity contribution is 0.0173. The van der Waals surface area contributed by atoms with E-state index in [0.717, 1.165) is 0 Å². The molecule has 100 valence electrons. The fraction of sp³-hybridized carbons (Fsp3) is 0.900. The van der Waals surface area contributed by atoms with Crippen LogP contribution in [0.5, 0.6) is 0 Å². The van der Waals surface area contributed by atoms with Gasteiger partial charge in [0.1, 0.15) is 5.60 Å². The second-order valence-corrected chi connectivity index (χ2v) is 7.07. The molecule has 17 heavy (non-hydrogen) atoms. The van der Waals surface area contributed by atoms with Crippen LogP contribution in [0, 0.1) is 0 Å². The molecule has 0 aromatic rings. The summed E-state index contributed by atoms with van der Waals surface area (Å²) in [6, 6.07) is 0. The average molecular weight is 265 g/mol. The summed E-state index contributed by atoms with van der Waals surface area (Å²) in [4.78, 5) is 11.7. The lowest BCUT2D eigenvalue weighted by Gasteiger charge is -2.36. The molecule has 1 saturated heterocycles. The van der Waals surface area contributed by atoms with Gasteiger partial charge in [-0.1, -0.05) is 0 Å². The number of carbonyl (C=O) groups excluding carboxylic acids is 1. The Morgan fingerprint density at radius 3 is 2.29 bits per heavy atom. The van der Waals surface area contributed by atoms with E-state index in [9.17, 15) is 13.2 Å². The lowest BCUT2D eigenvalue weighted by atomic mass is 10.1. The van der Waals surface area contributed by atoms with E-state index in [1.54, 1.807) is 34.6 Å². The van der Waals surface area contributed by atoms with Gasteiger partial charge in [-0.3, -0.25) is 0 Å². The first kappa shape index (κ1) is 14.2. The maximum absolute atomic E-state index is 11.7. The average Bonchev–Trinajstić information content (AvgIpc) is 1.94. The molecule has 1 amide bonds. The summed E-state index contributed by atoms with van der Waals surface area (Å²) >= 11 is 0. The number of ether oxygens (including phenoxy) is 1. The standard InChI is InChI=1S/C10H19NO5S/c1-9(2,3)15-8(12)11-7-6-10(4,5)16-17(11,13)14/h6-7H2,1-5H3. The molecule has 0 aromatic carbocycles. The number of nitrogens with zero attached hydrogens (tertiary/aromatic N) is 1. The minimum absolute atomic E-state index is 0.0737. The molecule has 0 aromatic heterocycles. The van der Waals surface area contributed by atoms with Gasteiger partial charge >= 0.3 is 16.4 Å². The van der Waals surface area contributed by atoms with Gasteiger partial charge in [0.25, 0.3) is 0 Å². The second kappa shape index (κ2) is 4.13. The SMILES string of the molecule is CC(C)(C)OC(=O)N1CCC(C)(C)OS1(=O)=O. The van der Waals surface area contributed by atoms with Crippen molar-refractivity contribution in [1.82, 2.24) is 4.31 Å². The lowest BCUT2D eigenvalue weighted by Crippen LogP contribution is -2.50. The summed E-state index contributed by atoms with van der Waals surface area (Å²) < 4.78 is 34.0. The number of rotatable bonds is 0. The third-order valence-electron chi connectivity index (χ3n) is 2.11. The maximum atomic E-state index is 11.7. The molecule has 0 bridgehead atoms. The van der Waals surface area contributed by atoms with Crippen molar-refractivity contribution in [3.63, 3.8) is 0 Å². The Morgan fingerprint density at radius 1 is 1.35 bits per heavy atom. The minimum Gasteiger partial charge on any atom is -0.443 e. The van der Waals surface area contributed by atoms with E-state index < -0.39 is 27.6 Å². The fourth-order valence-electron chi connectivity index (χ4n) is 1.35. The van der Waals surface area contributed by atoms with Crippen LogP contribution in [-0.4, -0.2) is 36.6 Å². The number of hydrogen-bond donors (Lipinski definition) is 0. The predicted molar refractivity (Wildman–Crippen MR) is 61.6 cm³/mol. The van der Waals surface area contributed by atoms with Crippen LogP contribution < -0.4 is 0 Å². The molecule has 7 heteroatoms. The van der Waals surface area contributed by atoms with Gasteiger partial charge < -0.3 is 4.74 Å². The van der Waals surface area contributed by atoms with E-state index in [-0.39, 0.29) is 6.54 Å². The first-order valence-corrected chi connectivity index (χ1v) is 6.76. The molecule has 1 aliphatic heterocycles. The normalized spacial score (nSPS) is 23.2. The number of hydrogen-bond acceptors (Lipinski definition) is 5. The zero-order valence-electron chi connectivity index (χ0n) is 10.8. The largest absolute Gasteiger partial charge is 0.443 e. The van der Waals surface area contributed by atoms with Crippen molar-refractivity contribution < 1.29 is 22.1 Å². The highest BCUT2D eigenvalue weighted by Gasteiger charge is 2.42. The van der Waals surface area contributed by atoms with E-state index >= 15 is 0 Å². The zero-order chi connectivity index (χ0) is 13.5. The topological polar surface area (TPSA) is 72.9 Å². The van der Waals surface area contributed by atoms with Crippen molar-refractivity contribution >= 4 is 16.4 Å². The molecule has 1 fully saturated rings. The van der Waals surface area contributed by atoms with Gasteiger partial charge in [0, 0.05) is 6.54 Å². The molecule has 1 heterocycles. The van der Waals surface area contributed by atoms with Crippen LogP contribution in [0.15, 0.2) is 0 Å². The molecule has 0 atom stereocenters. The molecular weight excluding hydrogens is 246 g/mol. The first-order chi connectivity index (χ1) is 7.43. The summed E-state index contributed by atoms with van der Waals surface area (Å²) in [6.45, 7) is 8.42. The molecule has 6 nitrogen and oxygen atoms in total. The molecule has 0 radical (unpaired) electrons. The van der Waals surface area contributed by atoms with Crippen LogP contribution in [-0.2, 0) is 19.2 Å². The van der Waals surface area contributed by atoms with Crippen molar-refractivity contribution in [2.24, 2.45) is 0 Å². The summed E-state index contributed by atoms with van der Waals surface area (Å²) in [5.41, 5.74) is -1.52. The monoisotopic (exact) mass is 265 g/mol. The van der Waals surface area contributed by atoms with Crippen molar-refractivity contribution in [3.8, 4) is 0 Å². The van der Waals surface area contributed by atoms with Crippen LogP contribution in [0.2, 0.25) is 0 Å². The number of carbonyl (C=O) groups is 1. The molecule has 0 N–H and O–H groups in total. The Morgan fingerprint density at radius 2 is 1.88 bits per heavy atom. The molecule has 0 saturated carbocycles. The molecular formula is C10H19NO5S. The van der Waals surface area contributed by atoms with E-state index in [4.69, 9.17) is 8.92 Å². The molecule has 1 rings (SSSR count). The summed E-state index contributed by atoms with van der Waals surface area (Å²) in [5, 5.41) is 0. The van der Waals surface area contributed by atoms with Crippen molar-refractivity contribution in [1.29, 1.82) is 0 Å².